The molecule has 0 spiro atoms. The van der Waals surface area contributed by atoms with Crippen LogP contribution in [0.4, 0.5) is 4.79 Å². The highest BCUT2D eigenvalue weighted by Gasteiger charge is 2.20. The van der Waals surface area contributed by atoms with Gasteiger partial charge in [-0.1, -0.05) is 20.8 Å². The Morgan fingerprint density at radius 3 is 2.25 bits per heavy atom. The minimum Gasteiger partial charge on any atom is -0.480 e. The summed E-state index contributed by atoms with van der Waals surface area (Å²) in [4.78, 5) is 22.0. The standard InChI is InChI=1S/C10H20N2O4/c1-10(2,3)6-11-9(16)12-7(4-5-13)8(14)15/h7,13H,4-6H2,1-3H3,(H,14,15)(H2,11,12,16)/t7-/m1/s1. The predicted molar refractivity (Wildman–Crippen MR) is 59.1 cm³/mol. The van der Waals surface area contributed by atoms with Crippen LogP contribution < -0.4 is 10.6 Å². The zero-order valence-electron chi connectivity index (χ0n) is 9.91. The average Bonchev–Trinajstić information content (AvgIpc) is 2.13. The van der Waals surface area contributed by atoms with Gasteiger partial charge < -0.3 is 20.8 Å². The van der Waals surface area contributed by atoms with Crippen LogP contribution in [0.15, 0.2) is 0 Å². The third-order valence-corrected chi connectivity index (χ3v) is 1.80. The summed E-state index contributed by atoms with van der Waals surface area (Å²) in [5, 5.41) is 22.2. The van der Waals surface area contributed by atoms with Crippen LogP contribution in [0.3, 0.4) is 0 Å². The SMILES string of the molecule is CC(C)(C)CNC(=O)N[C@H](CCO)C(=O)O. The van der Waals surface area contributed by atoms with Crippen molar-refractivity contribution < 1.29 is 19.8 Å². The van der Waals surface area contributed by atoms with E-state index in [2.05, 4.69) is 10.6 Å². The van der Waals surface area contributed by atoms with Crippen LogP contribution in [0.1, 0.15) is 27.2 Å². The van der Waals surface area contributed by atoms with Gasteiger partial charge in [-0.15, -0.1) is 0 Å². The number of rotatable bonds is 5. The summed E-state index contributed by atoms with van der Waals surface area (Å²) in [5.74, 6) is -1.15. The Hall–Kier alpha value is -1.30. The Morgan fingerprint density at radius 2 is 1.88 bits per heavy atom. The number of aliphatic hydroxyl groups is 1. The van der Waals surface area contributed by atoms with Gasteiger partial charge in [0.15, 0.2) is 0 Å². The highest BCUT2D eigenvalue weighted by Crippen LogP contribution is 2.09. The predicted octanol–water partition coefficient (Wildman–Crippen LogP) is 0.167. The number of nitrogens with one attached hydrogen (secondary N) is 2. The topological polar surface area (TPSA) is 98.7 Å². The Kier molecular flexibility index (Phi) is 5.81. The maximum Gasteiger partial charge on any atom is 0.326 e. The van der Waals surface area contributed by atoms with Gasteiger partial charge in [-0.2, -0.15) is 0 Å². The molecule has 0 radical (unpaired) electrons. The smallest absolute Gasteiger partial charge is 0.326 e. The average molecular weight is 232 g/mol. The Bertz CT molecular complexity index is 248. The molecule has 0 rings (SSSR count). The summed E-state index contributed by atoms with van der Waals surface area (Å²) in [6, 6.07) is -1.58. The number of amides is 2. The quantitative estimate of drug-likeness (QED) is 0.543. The molecule has 0 bridgehead atoms. The summed E-state index contributed by atoms with van der Waals surface area (Å²) in [6.45, 7) is 6.03. The molecule has 6 nitrogen and oxygen atoms in total. The molecule has 0 fully saturated rings. The summed E-state index contributed by atoms with van der Waals surface area (Å²) in [5.41, 5.74) is -0.0625. The number of carbonyl (C=O) groups excluding carboxylic acids is 1. The zero-order chi connectivity index (χ0) is 12.8. The van der Waals surface area contributed by atoms with E-state index in [0.717, 1.165) is 0 Å². The third kappa shape index (κ3) is 7.05. The van der Waals surface area contributed by atoms with Gasteiger partial charge in [-0.25, -0.2) is 9.59 Å². The lowest BCUT2D eigenvalue weighted by molar-refractivity contribution is -0.139. The molecular formula is C10H20N2O4. The second kappa shape index (κ2) is 6.32. The fourth-order valence-electron chi connectivity index (χ4n) is 0.941. The molecule has 4 N–H and O–H groups in total. The van der Waals surface area contributed by atoms with Crippen molar-refractivity contribution in [3.05, 3.63) is 0 Å². The van der Waals surface area contributed by atoms with Crippen LogP contribution in [0, 0.1) is 5.41 Å². The van der Waals surface area contributed by atoms with E-state index in [-0.39, 0.29) is 18.4 Å². The molecule has 2 amide bonds. The summed E-state index contributed by atoms with van der Waals surface area (Å²) in [7, 11) is 0. The van der Waals surface area contributed by atoms with Gasteiger partial charge in [-0.05, 0) is 5.41 Å². The van der Waals surface area contributed by atoms with Gasteiger partial charge in [0.05, 0.1) is 0 Å². The maximum atomic E-state index is 11.3. The molecule has 0 aliphatic rings. The van der Waals surface area contributed by atoms with E-state index in [1.54, 1.807) is 0 Å². The van der Waals surface area contributed by atoms with E-state index in [0.29, 0.717) is 6.54 Å². The lowest BCUT2D eigenvalue weighted by Crippen LogP contribution is -2.48. The van der Waals surface area contributed by atoms with E-state index in [1.807, 2.05) is 20.8 Å². The monoisotopic (exact) mass is 232 g/mol. The van der Waals surface area contributed by atoms with E-state index in [4.69, 9.17) is 10.2 Å². The van der Waals surface area contributed by atoms with Crippen LogP contribution in [-0.4, -0.2) is 41.4 Å². The number of aliphatic carboxylic acids is 1. The number of hydrogen-bond donors (Lipinski definition) is 4. The lowest BCUT2D eigenvalue weighted by Gasteiger charge is -2.20. The van der Waals surface area contributed by atoms with Gasteiger partial charge in [0, 0.05) is 19.6 Å². The van der Waals surface area contributed by atoms with Crippen LogP contribution in [-0.2, 0) is 4.79 Å². The van der Waals surface area contributed by atoms with Crippen molar-refractivity contribution in [2.75, 3.05) is 13.2 Å². The second-order valence-electron chi connectivity index (χ2n) is 4.79. The Morgan fingerprint density at radius 1 is 1.31 bits per heavy atom. The molecule has 0 saturated carbocycles. The van der Waals surface area contributed by atoms with E-state index >= 15 is 0 Å². The molecule has 0 heterocycles. The maximum absolute atomic E-state index is 11.3. The van der Waals surface area contributed by atoms with E-state index in [9.17, 15) is 9.59 Å². The zero-order valence-corrected chi connectivity index (χ0v) is 9.91. The largest absolute Gasteiger partial charge is 0.480 e. The Labute approximate surface area is 95.0 Å². The molecule has 94 valence electrons. The van der Waals surface area contributed by atoms with Crippen molar-refractivity contribution in [3.63, 3.8) is 0 Å². The lowest BCUT2D eigenvalue weighted by atomic mass is 9.97. The summed E-state index contributed by atoms with van der Waals surface area (Å²) >= 11 is 0. The van der Waals surface area contributed by atoms with Crippen LogP contribution >= 0.6 is 0 Å². The van der Waals surface area contributed by atoms with Gasteiger partial charge in [-0.3, -0.25) is 0 Å². The van der Waals surface area contributed by atoms with Crippen molar-refractivity contribution in [2.24, 2.45) is 5.41 Å². The minimum atomic E-state index is -1.15. The Balaban J connectivity index is 4.05. The number of carboxylic acid groups (broad SMARTS) is 1. The van der Waals surface area contributed by atoms with Crippen LogP contribution in [0.2, 0.25) is 0 Å². The number of hydrogen-bond acceptors (Lipinski definition) is 3. The summed E-state index contributed by atoms with van der Waals surface area (Å²) < 4.78 is 0. The third-order valence-electron chi connectivity index (χ3n) is 1.80. The molecule has 0 unspecified atom stereocenters. The fourth-order valence-corrected chi connectivity index (χ4v) is 0.941. The molecular weight excluding hydrogens is 212 g/mol. The van der Waals surface area contributed by atoms with Crippen LogP contribution in [0.5, 0.6) is 0 Å². The molecule has 0 aromatic carbocycles. The first-order chi connectivity index (χ1) is 7.26. The number of carboxylic acids is 1. The van der Waals surface area contributed by atoms with Crippen molar-refractivity contribution in [2.45, 2.75) is 33.2 Å². The van der Waals surface area contributed by atoms with Crippen molar-refractivity contribution in [1.29, 1.82) is 0 Å². The van der Waals surface area contributed by atoms with Gasteiger partial charge in [0.25, 0.3) is 0 Å². The fraction of sp³-hybridized carbons (Fsp3) is 0.800. The van der Waals surface area contributed by atoms with E-state index in [1.165, 1.54) is 0 Å². The first-order valence-electron chi connectivity index (χ1n) is 5.14. The molecule has 16 heavy (non-hydrogen) atoms. The number of urea groups is 1. The molecule has 0 aromatic heterocycles. The number of aliphatic hydroxyl groups excluding tert-OH is 1. The molecule has 6 heteroatoms. The van der Waals surface area contributed by atoms with Gasteiger partial charge >= 0.3 is 12.0 Å². The highest BCUT2D eigenvalue weighted by molar-refractivity contribution is 5.82. The first-order valence-corrected chi connectivity index (χ1v) is 5.14. The normalized spacial score (nSPS) is 13.0. The number of carbonyl (C=O) groups is 2. The van der Waals surface area contributed by atoms with Gasteiger partial charge in [0.2, 0.25) is 0 Å². The molecule has 0 aromatic rings. The van der Waals surface area contributed by atoms with Crippen molar-refractivity contribution in [3.8, 4) is 0 Å². The van der Waals surface area contributed by atoms with Crippen molar-refractivity contribution >= 4 is 12.0 Å². The molecule has 0 aliphatic heterocycles. The highest BCUT2D eigenvalue weighted by atomic mass is 16.4. The van der Waals surface area contributed by atoms with Crippen molar-refractivity contribution in [1.82, 2.24) is 10.6 Å². The van der Waals surface area contributed by atoms with E-state index < -0.39 is 18.0 Å². The first kappa shape index (κ1) is 14.7. The molecule has 0 aliphatic carbocycles. The second-order valence-corrected chi connectivity index (χ2v) is 4.79. The van der Waals surface area contributed by atoms with Gasteiger partial charge in [0.1, 0.15) is 6.04 Å². The summed E-state index contributed by atoms with van der Waals surface area (Å²) in [6.07, 6.45) is -0.00172. The van der Waals surface area contributed by atoms with Crippen LogP contribution in [0.25, 0.3) is 0 Å². The molecule has 0 saturated heterocycles. The minimum absolute atomic E-state index is 0.00172. The molecule has 1 atom stereocenters.